The normalized spacial score (nSPS) is 15.0. The standard InChI is InChI=1S/C24H20N4O2S/c29-20(16-9-3-1-4-10-16)15-25-24(31)28-22-23(30)26-19-14-8-7-13-18(19)21(27-22)17-11-5-2-6-12-17/h1-14,22H,15H2,(H,26,30)(H2,25,28,31). The Morgan fingerprint density at radius 1 is 0.935 bits per heavy atom. The van der Waals surface area contributed by atoms with Gasteiger partial charge >= 0.3 is 0 Å². The van der Waals surface area contributed by atoms with Crippen molar-refractivity contribution in [2.24, 2.45) is 4.99 Å². The summed E-state index contributed by atoms with van der Waals surface area (Å²) in [6.07, 6.45) is -0.950. The average molecular weight is 429 g/mol. The summed E-state index contributed by atoms with van der Waals surface area (Å²) < 4.78 is 0. The first kappa shape index (κ1) is 20.4. The lowest BCUT2D eigenvalue weighted by atomic mass is 10.0. The van der Waals surface area contributed by atoms with Crippen molar-refractivity contribution in [3.05, 3.63) is 102 Å². The molecule has 0 bridgehead atoms. The number of hydrogen-bond acceptors (Lipinski definition) is 4. The Kier molecular flexibility index (Phi) is 6.14. The van der Waals surface area contributed by atoms with E-state index in [1.807, 2.05) is 60.7 Å². The molecule has 1 aliphatic heterocycles. The highest BCUT2D eigenvalue weighted by atomic mass is 32.1. The van der Waals surface area contributed by atoms with Crippen molar-refractivity contribution in [1.82, 2.24) is 10.6 Å². The minimum absolute atomic E-state index is 0.0136. The molecule has 1 amide bonds. The van der Waals surface area contributed by atoms with Crippen molar-refractivity contribution in [3.63, 3.8) is 0 Å². The first-order chi connectivity index (χ1) is 15.1. The Labute approximate surface area is 185 Å². The fraction of sp³-hybridized carbons (Fsp3) is 0.0833. The van der Waals surface area contributed by atoms with Crippen molar-refractivity contribution in [2.45, 2.75) is 6.17 Å². The number of anilines is 1. The summed E-state index contributed by atoms with van der Waals surface area (Å²) in [5.74, 6) is -0.437. The lowest BCUT2D eigenvalue weighted by Crippen LogP contribution is -2.47. The van der Waals surface area contributed by atoms with Crippen LogP contribution in [0.5, 0.6) is 0 Å². The number of carbonyl (C=O) groups is 2. The van der Waals surface area contributed by atoms with Crippen LogP contribution < -0.4 is 16.0 Å². The molecule has 4 rings (SSSR count). The number of rotatable bonds is 5. The number of carbonyl (C=O) groups excluding carboxylic acids is 2. The lowest BCUT2D eigenvalue weighted by Gasteiger charge is -2.16. The summed E-state index contributed by atoms with van der Waals surface area (Å²) >= 11 is 5.32. The van der Waals surface area contributed by atoms with Gasteiger partial charge in [0.05, 0.1) is 17.9 Å². The lowest BCUT2D eigenvalue weighted by molar-refractivity contribution is -0.117. The summed E-state index contributed by atoms with van der Waals surface area (Å²) in [5.41, 5.74) is 3.65. The zero-order chi connectivity index (χ0) is 21.6. The van der Waals surface area contributed by atoms with E-state index in [1.54, 1.807) is 24.3 Å². The van der Waals surface area contributed by atoms with Crippen LogP contribution in [-0.2, 0) is 4.79 Å². The van der Waals surface area contributed by atoms with Gasteiger partial charge in [0.2, 0.25) is 6.17 Å². The molecule has 0 aromatic heterocycles. The van der Waals surface area contributed by atoms with Gasteiger partial charge in [-0.3, -0.25) is 9.59 Å². The molecule has 0 saturated carbocycles. The van der Waals surface area contributed by atoms with Crippen LogP contribution in [0.25, 0.3) is 0 Å². The largest absolute Gasteiger partial charge is 0.355 e. The SMILES string of the molecule is O=C(CNC(=S)NC1N=C(c2ccccc2)c2ccccc2NC1=O)c1ccccc1. The number of nitrogens with one attached hydrogen (secondary N) is 3. The van der Waals surface area contributed by atoms with Crippen LogP contribution in [0.15, 0.2) is 89.9 Å². The third-order valence-corrected chi connectivity index (χ3v) is 5.03. The van der Waals surface area contributed by atoms with E-state index in [4.69, 9.17) is 12.2 Å². The van der Waals surface area contributed by atoms with E-state index in [9.17, 15) is 9.59 Å². The molecule has 0 radical (unpaired) electrons. The number of benzene rings is 3. The monoisotopic (exact) mass is 428 g/mol. The number of fused-ring (bicyclic) bond motifs is 1. The van der Waals surface area contributed by atoms with Crippen LogP contribution in [0, 0.1) is 0 Å². The highest BCUT2D eigenvalue weighted by Crippen LogP contribution is 2.23. The number of nitrogens with zero attached hydrogens (tertiary/aromatic N) is 1. The molecule has 0 aliphatic carbocycles. The molecule has 3 aromatic carbocycles. The molecule has 1 aliphatic rings. The number of para-hydroxylation sites is 1. The summed E-state index contributed by atoms with van der Waals surface area (Å²) in [6.45, 7) is 0.0136. The van der Waals surface area contributed by atoms with Gasteiger partial charge in [0.15, 0.2) is 10.9 Å². The second kappa shape index (κ2) is 9.32. The van der Waals surface area contributed by atoms with E-state index in [2.05, 4.69) is 20.9 Å². The molecule has 3 N–H and O–H groups in total. The predicted molar refractivity (Wildman–Crippen MR) is 125 cm³/mol. The first-order valence-corrected chi connectivity index (χ1v) is 10.2. The van der Waals surface area contributed by atoms with E-state index in [-0.39, 0.29) is 23.3 Å². The number of thiocarbonyl (C=S) groups is 1. The summed E-state index contributed by atoms with van der Waals surface area (Å²) in [4.78, 5) is 29.8. The third-order valence-electron chi connectivity index (χ3n) is 4.77. The van der Waals surface area contributed by atoms with Crippen molar-refractivity contribution < 1.29 is 9.59 Å². The molecule has 0 saturated heterocycles. The molecule has 0 spiro atoms. The van der Waals surface area contributed by atoms with Crippen LogP contribution in [0.1, 0.15) is 21.5 Å². The Morgan fingerprint density at radius 3 is 2.32 bits per heavy atom. The molecular formula is C24H20N4O2S. The minimum atomic E-state index is -0.950. The van der Waals surface area contributed by atoms with Gasteiger partial charge in [-0.15, -0.1) is 0 Å². The third kappa shape index (κ3) is 4.84. The Balaban J connectivity index is 1.53. The van der Waals surface area contributed by atoms with Gasteiger partial charge in [0.25, 0.3) is 5.91 Å². The molecule has 1 atom stereocenters. The van der Waals surface area contributed by atoms with Gasteiger partial charge in [-0.1, -0.05) is 78.9 Å². The smallest absolute Gasteiger partial charge is 0.269 e. The highest BCUT2D eigenvalue weighted by molar-refractivity contribution is 7.80. The minimum Gasteiger partial charge on any atom is -0.355 e. The van der Waals surface area contributed by atoms with Gasteiger partial charge in [-0.05, 0) is 18.3 Å². The topological polar surface area (TPSA) is 82.6 Å². The van der Waals surface area contributed by atoms with Crippen molar-refractivity contribution >= 4 is 40.4 Å². The van der Waals surface area contributed by atoms with Crippen LogP contribution >= 0.6 is 12.2 Å². The number of aliphatic imine (C=N–C) groups is 1. The molecule has 1 heterocycles. The number of hydrogen-bond donors (Lipinski definition) is 3. The van der Waals surface area contributed by atoms with Crippen molar-refractivity contribution in [1.29, 1.82) is 0 Å². The van der Waals surface area contributed by atoms with Gasteiger partial charge in [0, 0.05) is 16.7 Å². The number of amides is 1. The Morgan fingerprint density at radius 2 is 1.58 bits per heavy atom. The van der Waals surface area contributed by atoms with Crippen molar-refractivity contribution in [3.8, 4) is 0 Å². The summed E-state index contributed by atoms with van der Waals surface area (Å²) in [5, 5.41) is 8.86. The molecule has 3 aromatic rings. The summed E-state index contributed by atoms with van der Waals surface area (Å²) in [7, 11) is 0. The van der Waals surface area contributed by atoms with E-state index in [0.29, 0.717) is 17.0 Å². The maximum atomic E-state index is 12.8. The van der Waals surface area contributed by atoms with E-state index in [0.717, 1.165) is 11.1 Å². The number of benzodiazepines with no additional fused rings is 1. The Bertz CT molecular complexity index is 1150. The average Bonchev–Trinajstić information content (AvgIpc) is 2.95. The molecule has 154 valence electrons. The molecule has 7 heteroatoms. The maximum absolute atomic E-state index is 12.8. The number of Topliss-reactive ketones (excluding diaryl/α,β-unsaturated/α-hetero) is 1. The van der Waals surface area contributed by atoms with Crippen molar-refractivity contribution in [2.75, 3.05) is 11.9 Å². The quantitative estimate of drug-likeness (QED) is 0.430. The zero-order valence-electron chi connectivity index (χ0n) is 16.5. The van der Waals surface area contributed by atoms with Crippen LogP contribution in [-0.4, -0.2) is 35.2 Å². The van der Waals surface area contributed by atoms with Gasteiger partial charge in [-0.2, -0.15) is 0 Å². The number of ketones is 1. The van der Waals surface area contributed by atoms with Crippen LogP contribution in [0.2, 0.25) is 0 Å². The fourth-order valence-corrected chi connectivity index (χ4v) is 3.43. The maximum Gasteiger partial charge on any atom is 0.269 e. The Hall–Kier alpha value is -3.84. The molecule has 6 nitrogen and oxygen atoms in total. The molecule has 1 unspecified atom stereocenters. The predicted octanol–water partition coefficient (Wildman–Crippen LogP) is 3.15. The van der Waals surface area contributed by atoms with E-state index >= 15 is 0 Å². The van der Waals surface area contributed by atoms with Gasteiger partial charge < -0.3 is 16.0 Å². The zero-order valence-corrected chi connectivity index (χ0v) is 17.4. The van der Waals surface area contributed by atoms with E-state index < -0.39 is 6.17 Å². The highest BCUT2D eigenvalue weighted by Gasteiger charge is 2.26. The van der Waals surface area contributed by atoms with Crippen LogP contribution in [0.3, 0.4) is 0 Å². The second-order valence-electron chi connectivity index (χ2n) is 6.90. The second-order valence-corrected chi connectivity index (χ2v) is 7.31. The molecule has 31 heavy (non-hydrogen) atoms. The van der Waals surface area contributed by atoms with Crippen LogP contribution in [0.4, 0.5) is 5.69 Å². The van der Waals surface area contributed by atoms with E-state index in [1.165, 1.54) is 0 Å². The first-order valence-electron chi connectivity index (χ1n) is 9.78. The van der Waals surface area contributed by atoms with Gasteiger partial charge in [-0.25, -0.2) is 4.99 Å². The summed E-state index contributed by atoms with van der Waals surface area (Å²) in [6, 6.07) is 26.1. The molecule has 0 fully saturated rings. The fourth-order valence-electron chi connectivity index (χ4n) is 3.24. The molecular weight excluding hydrogens is 408 g/mol. The van der Waals surface area contributed by atoms with Gasteiger partial charge in [0.1, 0.15) is 0 Å².